The lowest BCUT2D eigenvalue weighted by molar-refractivity contribution is 0.0173. The molecule has 6 heteroatoms. The van der Waals surface area contributed by atoms with Crippen molar-refractivity contribution in [1.29, 1.82) is 0 Å². The van der Waals surface area contributed by atoms with Crippen molar-refractivity contribution in [3.8, 4) is 0 Å². The van der Waals surface area contributed by atoms with Crippen molar-refractivity contribution < 1.29 is 14.6 Å². The molecule has 1 fully saturated rings. The van der Waals surface area contributed by atoms with Crippen molar-refractivity contribution in [2.45, 2.75) is 32.4 Å². The maximum Gasteiger partial charge on any atom is 0.410 e. The van der Waals surface area contributed by atoms with Crippen LogP contribution in [0.3, 0.4) is 0 Å². The van der Waals surface area contributed by atoms with Crippen molar-refractivity contribution in [2.24, 2.45) is 0 Å². The first-order chi connectivity index (χ1) is 6.92. The molecule has 0 aromatic carbocycles. The molecule has 0 spiro atoms. The summed E-state index contributed by atoms with van der Waals surface area (Å²) in [5, 5.41) is 12.1. The van der Waals surface area contributed by atoms with E-state index in [1.807, 2.05) is 20.8 Å². The molecular weight excluding hydrogens is 232 g/mol. The van der Waals surface area contributed by atoms with E-state index < -0.39 is 5.60 Å². The third-order valence-electron chi connectivity index (χ3n) is 2.13. The molecule has 0 aliphatic carbocycles. The summed E-state index contributed by atoms with van der Waals surface area (Å²) in [7, 11) is 0. The summed E-state index contributed by atoms with van der Waals surface area (Å²) < 4.78 is 5.25. The summed E-state index contributed by atoms with van der Waals surface area (Å²) in [5.41, 5.74) is -0.462. The predicted octanol–water partition coefficient (Wildman–Crippen LogP) is 0.609. The monoisotopic (exact) mass is 252 g/mol. The van der Waals surface area contributed by atoms with Gasteiger partial charge in [-0.3, -0.25) is 0 Å². The number of rotatable bonds is 1. The molecule has 1 amide bonds. The van der Waals surface area contributed by atoms with Crippen LogP contribution in [-0.2, 0) is 4.74 Å². The van der Waals surface area contributed by atoms with Gasteiger partial charge < -0.3 is 20.1 Å². The molecule has 1 atom stereocenters. The SMILES string of the molecule is CC(C)(C)OC(=O)N1CCN[C@H](CO)C1.Cl. The summed E-state index contributed by atoms with van der Waals surface area (Å²) in [6, 6.07) is -0.0359. The third-order valence-corrected chi connectivity index (χ3v) is 2.13. The normalized spacial score (nSPS) is 21.2. The van der Waals surface area contributed by atoms with Gasteiger partial charge in [0.1, 0.15) is 5.60 Å². The van der Waals surface area contributed by atoms with Crippen LogP contribution in [0.25, 0.3) is 0 Å². The second kappa shape index (κ2) is 6.27. The summed E-state index contributed by atoms with van der Waals surface area (Å²) in [4.78, 5) is 13.3. The van der Waals surface area contributed by atoms with E-state index in [-0.39, 0.29) is 31.1 Å². The smallest absolute Gasteiger partial charge is 0.410 e. The average molecular weight is 253 g/mol. The lowest BCUT2D eigenvalue weighted by Crippen LogP contribution is -2.54. The fourth-order valence-electron chi connectivity index (χ4n) is 1.44. The number of carbonyl (C=O) groups excluding carboxylic acids is 1. The molecule has 0 bridgehead atoms. The number of nitrogens with one attached hydrogen (secondary N) is 1. The minimum atomic E-state index is -0.462. The molecule has 5 nitrogen and oxygen atoms in total. The lowest BCUT2D eigenvalue weighted by atomic mass is 10.2. The second-order valence-corrected chi connectivity index (χ2v) is 4.76. The Bertz CT molecular complexity index is 231. The second-order valence-electron chi connectivity index (χ2n) is 4.76. The van der Waals surface area contributed by atoms with Crippen molar-refractivity contribution in [3.05, 3.63) is 0 Å². The number of piperazine rings is 1. The number of nitrogens with zero attached hydrogens (tertiary/aromatic N) is 1. The van der Waals surface area contributed by atoms with Crippen molar-refractivity contribution in [1.82, 2.24) is 10.2 Å². The molecular formula is C10H21ClN2O3. The highest BCUT2D eigenvalue weighted by atomic mass is 35.5. The van der Waals surface area contributed by atoms with Gasteiger partial charge in [0.25, 0.3) is 0 Å². The molecule has 0 aromatic rings. The molecule has 1 heterocycles. The van der Waals surface area contributed by atoms with Gasteiger partial charge in [-0.1, -0.05) is 0 Å². The van der Waals surface area contributed by atoms with E-state index in [0.29, 0.717) is 19.6 Å². The Morgan fingerprint density at radius 2 is 2.19 bits per heavy atom. The molecule has 0 radical (unpaired) electrons. The van der Waals surface area contributed by atoms with Gasteiger partial charge in [-0.2, -0.15) is 0 Å². The van der Waals surface area contributed by atoms with Gasteiger partial charge in [0.2, 0.25) is 0 Å². The molecule has 0 aromatic heterocycles. The maximum atomic E-state index is 11.7. The van der Waals surface area contributed by atoms with Crippen LogP contribution < -0.4 is 5.32 Å². The number of carbonyl (C=O) groups is 1. The van der Waals surface area contributed by atoms with Crippen LogP contribution in [0.5, 0.6) is 0 Å². The number of amides is 1. The Labute approximate surface area is 103 Å². The zero-order valence-corrected chi connectivity index (χ0v) is 10.8. The Morgan fingerprint density at radius 3 is 2.69 bits per heavy atom. The summed E-state index contributed by atoms with van der Waals surface area (Å²) in [5.74, 6) is 0. The number of halogens is 1. The van der Waals surface area contributed by atoms with Gasteiger partial charge in [0, 0.05) is 25.7 Å². The van der Waals surface area contributed by atoms with Crippen LogP contribution in [0.15, 0.2) is 0 Å². The molecule has 0 saturated carbocycles. The number of aliphatic hydroxyl groups excluding tert-OH is 1. The molecule has 1 aliphatic heterocycles. The number of hydrogen-bond acceptors (Lipinski definition) is 4. The summed E-state index contributed by atoms with van der Waals surface area (Å²) >= 11 is 0. The Balaban J connectivity index is 0.00000225. The molecule has 1 saturated heterocycles. The van der Waals surface area contributed by atoms with Gasteiger partial charge in [-0.25, -0.2) is 4.79 Å². The Morgan fingerprint density at radius 1 is 1.56 bits per heavy atom. The van der Waals surface area contributed by atoms with E-state index in [9.17, 15) is 4.79 Å². The zero-order valence-electron chi connectivity index (χ0n) is 10.0. The van der Waals surface area contributed by atoms with Gasteiger partial charge in [-0.05, 0) is 20.8 Å². The largest absolute Gasteiger partial charge is 0.444 e. The molecule has 16 heavy (non-hydrogen) atoms. The van der Waals surface area contributed by atoms with Crippen LogP contribution in [0.4, 0.5) is 4.79 Å². The van der Waals surface area contributed by atoms with E-state index in [4.69, 9.17) is 9.84 Å². The quantitative estimate of drug-likeness (QED) is 0.718. The van der Waals surface area contributed by atoms with Gasteiger partial charge >= 0.3 is 6.09 Å². The number of aliphatic hydroxyl groups is 1. The highest BCUT2D eigenvalue weighted by Crippen LogP contribution is 2.11. The minimum Gasteiger partial charge on any atom is -0.444 e. The van der Waals surface area contributed by atoms with E-state index >= 15 is 0 Å². The first-order valence-corrected chi connectivity index (χ1v) is 5.24. The first-order valence-electron chi connectivity index (χ1n) is 5.24. The summed E-state index contributed by atoms with van der Waals surface area (Å²) in [6.45, 7) is 7.41. The van der Waals surface area contributed by atoms with Crippen molar-refractivity contribution >= 4 is 18.5 Å². The maximum absolute atomic E-state index is 11.7. The standard InChI is InChI=1S/C10H20N2O3.ClH/c1-10(2,3)15-9(14)12-5-4-11-8(6-12)7-13;/h8,11,13H,4-7H2,1-3H3;1H/t8-;/m0./s1. The third kappa shape index (κ3) is 5.01. The molecule has 96 valence electrons. The lowest BCUT2D eigenvalue weighted by Gasteiger charge is -2.34. The fraction of sp³-hybridized carbons (Fsp3) is 0.900. The highest BCUT2D eigenvalue weighted by molar-refractivity contribution is 5.85. The van der Waals surface area contributed by atoms with Crippen molar-refractivity contribution in [3.63, 3.8) is 0 Å². The topological polar surface area (TPSA) is 61.8 Å². The van der Waals surface area contributed by atoms with Crippen LogP contribution >= 0.6 is 12.4 Å². The van der Waals surface area contributed by atoms with Crippen LogP contribution in [0, 0.1) is 0 Å². The predicted molar refractivity (Wildman–Crippen MR) is 63.9 cm³/mol. The number of ether oxygens (including phenoxy) is 1. The molecule has 1 aliphatic rings. The summed E-state index contributed by atoms with van der Waals surface area (Å²) in [6.07, 6.45) is -0.303. The Hall–Kier alpha value is -0.520. The van der Waals surface area contributed by atoms with Crippen molar-refractivity contribution in [2.75, 3.05) is 26.2 Å². The van der Waals surface area contributed by atoms with Crippen LogP contribution in [-0.4, -0.2) is 54.0 Å². The van der Waals surface area contributed by atoms with E-state index in [1.54, 1.807) is 4.90 Å². The minimum absolute atomic E-state index is 0. The highest BCUT2D eigenvalue weighted by Gasteiger charge is 2.26. The van der Waals surface area contributed by atoms with E-state index in [1.165, 1.54) is 0 Å². The molecule has 2 N–H and O–H groups in total. The van der Waals surface area contributed by atoms with Gasteiger partial charge in [0.05, 0.1) is 6.61 Å². The zero-order chi connectivity index (χ0) is 11.5. The number of hydrogen-bond donors (Lipinski definition) is 2. The van der Waals surface area contributed by atoms with E-state index in [2.05, 4.69) is 5.32 Å². The molecule has 1 rings (SSSR count). The Kier molecular flexibility index (Phi) is 6.07. The fourth-order valence-corrected chi connectivity index (χ4v) is 1.44. The van der Waals surface area contributed by atoms with Crippen LogP contribution in [0.1, 0.15) is 20.8 Å². The molecule has 0 unspecified atom stereocenters. The van der Waals surface area contributed by atoms with Gasteiger partial charge in [-0.15, -0.1) is 12.4 Å². The van der Waals surface area contributed by atoms with Gasteiger partial charge in [0.15, 0.2) is 0 Å². The first kappa shape index (κ1) is 15.5. The van der Waals surface area contributed by atoms with E-state index in [0.717, 1.165) is 0 Å². The average Bonchev–Trinajstić information content (AvgIpc) is 2.15. The van der Waals surface area contributed by atoms with Crippen LogP contribution in [0.2, 0.25) is 0 Å².